The van der Waals surface area contributed by atoms with Gasteiger partial charge >= 0.3 is 0 Å². The molecule has 0 spiro atoms. The van der Waals surface area contributed by atoms with Crippen LogP contribution in [0.3, 0.4) is 0 Å². The molecule has 0 radical (unpaired) electrons. The Morgan fingerprint density at radius 2 is 2.50 bits per heavy atom. The number of nitrogens with one attached hydrogen (secondary N) is 1. The molecule has 0 aliphatic carbocycles. The first-order valence-electron chi connectivity index (χ1n) is 2.70. The van der Waals surface area contributed by atoms with Crippen molar-refractivity contribution in [1.82, 2.24) is 3.53 Å². The van der Waals surface area contributed by atoms with Crippen LogP contribution in [-0.4, -0.2) is 5.91 Å². The molecule has 1 N–H and O–H groups in total. The molecule has 0 saturated heterocycles. The van der Waals surface area contributed by atoms with Gasteiger partial charge in [-0.15, -0.1) is 0 Å². The summed E-state index contributed by atoms with van der Waals surface area (Å²) in [5.74, 6) is 0.529. The van der Waals surface area contributed by atoms with E-state index in [9.17, 15) is 4.79 Å². The molecular weight excluding hydrogens is 245 g/mol. The van der Waals surface area contributed by atoms with E-state index in [4.69, 9.17) is 4.42 Å². The fourth-order valence-electron chi connectivity index (χ4n) is 0.671. The molecule has 0 bridgehead atoms. The minimum atomic E-state index is -0.119. The van der Waals surface area contributed by atoms with E-state index in [-0.39, 0.29) is 5.91 Å². The molecule has 1 amide bonds. The lowest BCUT2D eigenvalue weighted by atomic mass is 10.2. The highest BCUT2D eigenvalue weighted by Gasteiger charge is 2.08. The van der Waals surface area contributed by atoms with E-state index in [1.54, 1.807) is 35.9 Å². The number of hydrogen-bond acceptors (Lipinski definition) is 2. The van der Waals surface area contributed by atoms with E-state index in [1.165, 1.54) is 6.26 Å². The molecule has 4 heteroatoms. The topological polar surface area (TPSA) is 42.2 Å². The molecule has 0 saturated carbocycles. The van der Waals surface area contributed by atoms with Crippen LogP contribution in [0.4, 0.5) is 0 Å². The van der Waals surface area contributed by atoms with Crippen LogP contribution in [0.15, 0.2) is 16.7 Å². The Morgan fingerprint density at radius 1 is 1.80 bits per heavy atom. The monoisotopic (exact) mass is 251 g/mol. The van der Waals surface area contributed by atoms with Crippen LogP contribution in [0.1, 0.15) is 16.1 Å². The Balaban J connectivity index is 2.93. The van der Waals surface area contributed by atoms with Gasteiger partial charge in [-0.2, -0.15) is 0 Å². The second-order valence-electron chi connectivity index (χ2n) is 1.81. The Morgan fingerprint density at radius 3 is 2.90 bits per heavy atom. The molecule has 0 aromatic carbocycles. The number of furan rings is 1. The van der Waals surface area contributed by atoms with Gasteiger partial charge in [-0.05, 0) is 13.0 Å². The Hall–Kier alpha value is -0.520. The van der Waals surface area contributed by atoms with Crippen molar-refractivity contribution in [2.75, 3.05) is 0 Å². The molecule has 54 valence electrons. The maximum Gasteiger partial charge on any atom is 0.263 e. The first-order chi connectivity index (χ1) is 4.75. The van der Waals surface area contributed by atoms with Crippen molar-refractivity contribution < 1.29 is 9.21 Å². The largest absolute Gasteiger partial charge is 0.469 e. The number of carbonyl (C=O) groups is 1. The molecule has 0 unspecified atom stereocenters. The molecule has 0 atom stereocenters. The van der Waals surface area contributed by atoms with Gasteiger partial charge in [0.2, 0.25) is 0 Å². The van der Waals surface area contributed by atoms with E-state index < -0.39 is 0 Å². The van der Waals surface area contributed by atoms with Crippen molar-refractivity contribution in [3.63, 3.8) is 0 Å². The minimum Gasteiger partial charge on any atom is -0.469 e. The molecule has 10 heavy (non-hydrogen) atoms. The van der Waals surface area contributed by atoms with E-state index >= 15 is 0 Å². The van der Waals surface area contributed by atoms with Gasteiger partial charge in [-0.1, -0.05) is 0 Å². The van der Waals surface area contributed by atoms with Crippen molar-refractivity contribution in [2.45, 2.75) is 6.92 Å². The molecular formula is C6H6INO2. The van der Waals surface area contributed by atoms with E-state index in [0.717, 1.165) is 0 Å². The van der Waals surface area contributed by atoms with Crippen LogP contribution in [0.2, 0.25) is 0 Å². The van der Waals surface area contributed by atoms with Gasteiger partial charge in [-0.25, -0.2) is 0 Å². The summed E-state index contributed by atoms with van der Waals surface area (Å²) in [7, 11) is 0. The lowest BCUT2D eigenvalue weighted by Crippen LogP contribution is -2.11. The fourth-order valence-corrected chi connectivity index (χ4v) is 0.962. The lowest BCUT2D eigenvalue weighted by molar-refractivity contribution is 0.0988. The maximum absolute atomic E-state index is 10.9. The zero-order chi connectivity index (χ0) is 7.56. The minimum absolute atomic E-state index is 0.119. The summed E-state index contributed by atoms with van der Waals surface area (Å²) in [6.07, 6.45) is 1.50. The number of halogens is 1. The summed E-state index contributed by atoms with van der Waals surface area (Å²) in [6, 6.07) is 1.64. The molecule has 0 fully saturated rings. The lowest BCUT2D eigenvalue weighted by Gasteiger charge is -1.92. The molecule has 1 aromatic heterocycles. The summed E-state index contributed by atoms with van der Waals surface area (Å²) in [6.45, 7) is 1.75. The highest BCUT2D eigenvalue weighted by molar-refractivity contribution is 14.1. The van der Waals surface area contributed by atoms with Gasteiger partial charge < -0.3 is 4.42 Å². The number of hydrogen-bond donors (Lipinski definition) is 1. The summed E-state index contributed by atoms with van der Waals surface area (Å²) in [5, 5.41) is 0. The number of carbonyl (C=O) groups excluding carboxylic acids is 1. The predicted octanol–water partition coefficient (Wildman–Crippen LogP) is 1.67. The Labute approximate surface area is 72.3 Å². The third-order valence-electron chi connectivity index (χ3n) is 1.19. The van der Waals surface area contributed by atoms with Crippen LogP contribution >= 0.6 is 22.9 Å². The standard InChI is InChI=1S/C6H6INO2/c1-4-5(2-3-10-4)6(9)8-7/h2-3H,1H3,(H,8,9). The molecule has 0 aliphatic rings. The second-order valence-corrected chi connectivity index (χ2v) is 2.35. The zero-order valence-electron chi connectivity index (χ0n) is 5.35. The van der Waals surface area contributed by atoms with Crippen molar-refractivity contribution in [3.8, 4) is 0 Å². The van der Waals surface area contributed by atoms with Gasteiger partial charge in [0.15, 0.2) is 0 Å². The van der Waals surface area contributed by atoms with Gasteiger partial charge in [0, 0.05) is 0 Å². The van der Waals surface area contributed by atoms with Gasteiger partial charge in [0.1, 0.15) is 5.76 Å². The second kappa shape index (κ2) is 3.05. The number of aryl methyl sites for hydroxylation is 1. The molecule has 1 aromatic rings. The predicted molar refractivity (Wildman–Crippen MR) is 44.9 cm³/mol. The third kappa shape index (κ3) is 1.31. The highest BCUT2D eigenvalue weighted by Crippen LogP contribution is 2.08. The van der Waals surface area contributed by atoms with Crippen LogP contribution in [0, 0.1) is 6.92 Å². The average molecular weight is 251 g/mol. The first kappa shape index (κ1) is 7.59. The average Bonchev–Trinajstić information content (AvgIpc) is 2.34. The van der Waals surface area contributed by atoms with Gasteiger partial charge in [0.05, 0.1) is 34.7 Å². The van der Waals surface area contributed by atoms with Gasteiger partial charge in [0.25, 0.3) is 5.91 Å². The molecule has 1 heterocycles. The number of rotatable bonds is 1. The normalized spacial score (nSPS) is 9.40. The van der Waals surface area contributed by atoms with Crippen molar-refractivity contribution in [2.24, 2.45) is 0 Å². The van der Waals surface area contributed by atoms with E-state index in [1.807, 2.05) is 0 Å². The quantitative estimate of drug-likeness (QED) is 0.609. The van der Waals surface area contributed by atoms with E-state index in [0.29, 0.717) is 11.3 Å². The van der Waals surface area contributed by atoms with Crippen LogP contribution < -0.4 is 3.53 Å². The van der Waals surface area contributed by atoms with Crippen molar-refractivity contribution in [3.05, 3.63) is 23.7 Å². The summed E-state index contributed by atoms with van der Waals surface area (Å²) in [5.41, 5.74) is 0.592. The Bertz CT molecular complexity index is 244. The van der Waals surface area contributed by atoms with Crippen molar-refractivity contribution in [1.29, 1.82) is 0 Å². The van der Waals surface area contributed by atoms with E-state index in [2.05, 4.69) is 3.53 Å². The SMILES string of the molecule is Cc1occc1C(=O)NI. The first-order valence-corrected chi connectivity index (χ1v) is 3.78. The third-order valence-corrected chi connectivity index (χ3v) is 1.68. The Kier molecular flexibility index (Phi) is 2.31. The van der Waals surface area contributed by atoms with Crippen LogP contribution in [0.25, 0.3) is 0 Å². The maximum atomic E-state index is 10.9. The fraction of sp³-hybridized carbons (Fsp3) is 0.167. The summed E-state index contributed by atoms with van der Waals surface area (Å²) < 4.78 is 7.40. The van der Waals surface area contributed by atoms with Gasteiger partial charge in [-0.3, -0.25) is 8.32 Å². The molecule has 3 nitrogen and oxygen atoms in total. The zero-order valence-corrected chi connectivity index (χ0v) is 7.51. The molecule has 0 aliphatic heterocycles. The summed E-state index contributed by atoms with van der Waals surface area (Å²) in [4.78, 5) is 10.9. The van der Waals surface area contributed by atoms with Crippen molar-refractivity contribution >= 4 is 28.8 Å². The smallest absolute Gasteiger partial charge is 0.263 e. The highest BCUT2D eigenvalue weighted by atomic mass is 127. The van der Waals surface area contributed by atoms with Crippen LogP contribution in [0.5, 0.6) is 0 Å². The van der Waals surface area contributed by atoms with Crippen LogP contribution in [-0.2, 0) is 0 Å². The number of amides is 1. The summed E-state index contributed by atoms with van der Waals surface area (Å²) >= 11 is 1.79. The molecule has 1 rings (SSSR count).